The second-order valence-corrected chi connectivity index (χ2v) is 4.90. The minimum atomic E-state index is -0.457. The molecule has 2 N–H and O–H groups in total. The van der Waals surface area contributed by atoms with Crippen LogP contribution in [0.25, 0.3) is 0 Å². The van der Waals surface area contributed by atoms with Crippen molar-refractivity contribution in [1.29, 1.82) is 0 Å². The van der Waals surface area contributed by atoms with E-state index in [9.17, 15) is 4.39 Å². The van der Waals surface area contributed by atoms with Crippen molar-refractivity contribution in [1.82, 2.24) is 0 Å². The van der Waals surface area contributed by atoms with E-state index < -0.39 is 5.82 Å². The Hall–Kier alpha value is -1.78. The normalized spacial score (nSPS) is 10.5. The first kappa shape index (κ1) is 15.6. The van der Waals surface area contributed by atoms with Crippen molar-refractivity contribution in [2.45, 2.75) is 13.0 Å². The standard InChI is InChI=1S/C16H17ClFNO2/c1-20-14-6-5-11(7-8-19)9-15(14)21-10-12-3-2-4-13(18)16(12)17/h2-6,9H,7-8,10,19H2,1H3. The van der Waals surface area contributed by atoms with Gasteiger partial charge in [-0.1, -0.05) is 29.8 Å². The Labute approximate surface area is 128 Å². The van der Waals surface area contributed by atoms with Crippen molar-refractivity contribution in [2.24, 2.45) is 5.73 Å². The summed E-state index contributed by atoms with van der Waals surface area (Å²) in [6.45, 7) is 0.723. The summed E-state index contributed by atoms with van der Waals surface area (Å²) < 4.78 is 24.4. The fraction of sp³-hybridized carbons (Fsp3) is 0.250. The summed E-state index contributed by atoms with van der Waals surface area (Å²) in [5, 5.41) is 0.0783. The molecule has 0 heterocycles. The number of halogens is 2. The molecule has 3 nitrogen and oxygen atoms in total. The third kappa shape index (κ3) is 3.86. The van der Waals surface area contributed by atoms with Crippen LogP contribution >= 0.6 is 11.6 Å². The van der Waals surface area contributed by atoms with E-state index >= 15 is 0 Å². The van der Waals surface area contributed by atoms with E-state index in [-0.39, 0.29) is 11.6 Å². The Balaban J connectivity index is 2.18. The highest BCUT2D eigenvalue weighted by Crippen LogP contribution is 2.30. The molecule has 0 fully saturated rings. The summed E-state index contributed by atoms with van der Waals surface area (Å²) in [7, 11) is 1.57. The van der Waals surface area contributed by atoms with Crippen LogP contribution in [-0.4, -0.2) is 13.7 Å². The molecule has 0 bridgehead atoms. The minimum Gasteiger partial charge on any atom is -0.493 e. The van der Waals surface area contributed by atoms with Crippen molar-refractivity contribution in [2.75, 3.05) is 13.7 Å². The zero-order valence-electron chi connectivity index (χ0n) is 11.7. The molecule has 0 atom stereocenters. The molecule has 0 radical (unpaired) electrons. The summed E-state index contributed by atoms with van der Waals surface area (Å²) >= 11 is 5.91. The second kappa shape index (κ2) is 7.29. The molecule has 0 aliphatic rings. The largest absolute Gasteiger partial charge is 0.493 e. The van der Waals surface area contributed by atoms with Crippen LogP contribution in [0.1, 0.15) is 11.1 Å². The Morgan fingerprint density at radius 2 is 2.00 bits per heavy atom. The predicted molar refractivity (Wildman–Crippen MR) is 81.5 cm³/mol. The summed E-state index contributed by atoms with van der Waals surface area (Å²) in [5.74, 6) is 0.744. The maximum absolute atomic E-state index is 13.4. The minimum absolute atomic E-state index is 0.0783. The van der Waals surface area contributed by atoms with Gasteiger partial charge in [-0.25, -0.2) is 4.39 Å². The Kier molecular flexibility index (Phi) is 5.42. The van der Waals surface area contributed by atoms with E-state index in [0.29, 0.717) is 23.6 Å². The maximum Gasteiger partial charge on any atom is 0.161 e. The third-order valence-corrected chi connectivity index (χ3v) is 3.50. The van der Waals surface area contributed by atoms with Gasteiger partial charge >= 0.3 is 0 Å². The Bertz CT molecular complexity index is 619. The lowest BCUT2D eigenvalue weighted by Gasteiger charge is -2.13. The molecule has 0 saturated heterocycles. The van der Waals surface area contributed by atoms with Crippen molar-refractivity contribution >= 4 is 11.6 Å². The zero-order valence-corrected chi connectivity index (χ0v) is 12.5. The van der Waals surface area contributed by atoms with Crippen LogP contribution in [-0.2, 0) is 13.0 Å². The third-order valence-electron chi connectivity index (χ3n) is 3.08. The number of methoxy groups -OCH3 is 1. The van der Waals surface area contributed by atoms with Gasteiger partial charge in [0.15, 0.2) is 11.5 Å². The highest BCUT2D eigenvalue weighted by molar-refractivity contribution is 6.31. The molecule has 2 aromatic rings. The van der Waals surface area contributed by atoms with E-state index in [0.717, 1.165) is 12.0 Å². The van der Waals surface area contributed by atoms with Gasteiger partial charge in [-0.3, -0.25) is 0 Å². The van der Waals surface area contributed by atoms with Gasteiger partial charge in [0.05, 0.1) is 12.1 Å². The van der Waals surface area contributed by atoms with Crippen molar-refractivity contribution in [3.05, 3.63) is 58.4 Å². The lowest BCUT2D eigenvalue weighted by atomic mass is 10.1. The molecular formula is C16H17ClFNO2. The average Bonchev–Trinajstić information content (AvgIpc) is 2.49. The molecule has 0 aliphatic heterocycles. The fourth-order valence-electron chi connectivity index (χ4n) is 1.97. The van der Waals surface area contributed by atoms with E-state index in [1.165, 1.54) is 6.07 Å². The van der Waals surface area contributed by atoms with Crippen LogP contribution in [0.4, 0.5) is 4.39 Å². The summed E-state index contributed by atoms with van der Waals surface area (Å²) in [6, 6.07) is 10.3. The van der Waals surface area contributed by atoms with E-state index in [2.05, 4.69) is 0 Å². The van der Waals surface area contributed by atoms with Crippen LogP contribution in [0.3, 0.4) is 0 Å². The topological polar surface area (TPSA) is 44.5 Å². The van der Waals surface area contributed by atoms with E-state index in [4.69, 9.17) is 26.8 Å². The Morgan fingerprint density at radius 1 is 1.19 bits per heavy atom. The first-order valence-electron chi connectivity index (χ1n) is 6.58. The van der Waals surface area contributed by atoms with Crippen LogP contribution in [0.15, 0.2) is 36.4 Å². The SMILES string of the molecule is COc1ccc(CCN)cc1OCc1cccc(F)c1Cl. The summed E-state index contributed by atoms with van der Waals surface area (Å²) in [4.78, 5) is 0. The van der Waals surface area contributed by atoms with E-state index in [1.807, 2.05) is 18.2 Å². The van der Waals surface area contributed by atoms with Gasteiger partial charge in [0.2, 0.25) is 0 Å². The molecule has 21 heavy (non-hydrogen) atoms. The second-order valence-electron chi connectivity index (χ2n) is 4.53. The first-order valence-corrected chi connectivity index (χ1v) is 6.96. The first-order chi connectivity index (χ1) is 10.2. The molecule has 5 heteroatoms. The van der Waals surface area contributed by atoms with Crippen molar-refractivity contribution in [3.8, 4) is 11.5 Å². The monoisotopic (exact) mass is 309 g/mol. The van der Waals surface area contributed by atoms with Gasteiger partial charge in [-0.15, -0.1) is 0 Å². The Morgan fingerprint density at radius 3 is 2.71 bits per heavy atom. The molecule has 0 amide bonds. The average molecular weight is 310 g/mol. The van der Waals surface area contributed by atoms with Gasteiger partial charge in [-0.2, -0.15) is 0 Å². The molecule has 2 rings (SSSR count). The van der Waals surface area contributed by atoms with Crippen molar-refractivity contribution < 1.29 is 13.9 Å². The number of rotatable bonds is 6. The number of nitrogens with two attached hydrogens (primary N) is 1. The zero-order chi connectivity index (χ0) is 15.2. The molecule has 112 valence electrons. The number of ether oxygens (including phenoxy) is 2. The van der Waals surface area contributed by atoms with Gasteiger partial charge in [-0.05, 0) is 36.7 Å². The molecule has 0 spiro atoms. The lowest BCUT2D eigenvalue weighted by molar-refractivity contribution is 0.284. The van der Waals surface area contributed by atoms with Crippen LogP contribution in [0, 0.1) is 5.82 Å². The van der Waals surface area contributed by atoms with Gasteiger partial charge < -0.3 is 15.2 Å². The molecular weight excluding hydrogens is 293 g/mol. The number of benzene rings is 2. The van der Waals surface area contributed by atoms with E-state index in [1.54, 1.807) is 19.2 Å². The number of hydrogen-bond donors (Lipinski definition) is 1. The molecule has 2 aromatic carbocycles. The summed E-state index contributed by atoms with van der Waals surface area (Å²) in [6.07, 6.45) is 0.751. The molecule has 0 unspecified atom stereocenters. The van der Waals surface area contributed by atoms with Crippen LogP contribution < -0.4 is 15.2 Å². The smallest absolute Gasteiger partial charge is 0.161 e. The maximum atomic E-state index is 13.4. The predicted octanol–water partition coefficient (Wildman–Crippen LogP) is 3.57. The lowest BCUT2D eigenvalue weighted by Crippen LogP contribution is -2.04. The van der Waals surface area contributed by atoms with Crippen molar-refractivity contribution in [3.63, 3.8) is 0 Å². The summed E-state index contributed by atoms with van der Waals surface area (Å²) in [5.41, 5.74) is 7.19. The number of hydrogen-bond acceptors (Lipinski definition) is 3. The van der Waals surface area contributed by atoms with Gasteiger partial charge in [0.25, 0.3) is 0 Å². The van der Waals surface area contributed by atoms with Gasteiger partial charge in [0, 0.05) is 5.56 Å². The highest BCUT2D eigenvalue weighted by atomic mass is 35.5. The highest BCUT2D eigenvalue weighted by Gasteiger charge is 2.09. The van der Waals surface area contributed by atoms with Gasteiger partial charge in [0.1, 0.15) is 12.4 Å². The van der Waals surface area contributed by atoms with Crippen LogP contribution in [0.5, 0.6) is 11.5 Å². The quantitative estimate of drug-likeness (QED) is 0.887. The fourth-order valence-corrected chi connectivity index (χ4v) is 2.15. The molecule has 0 aliphatic carbocycles. The van der Waals surface area contributed by atoms with Crippen LogP contribution in [0.2, 0.25) is 5.02 Å². The molecule has 0 saturated carbocycles. The molecule has 0 aromatic heterocycles.